The van der Waals surface area contributed by atoms with Crippen LogP contribution in [0.5, 0.6) is 11.5 Å². The summed E-state index contributed by atoms with van der Waals surface area (Å²) in [7, 11) is 1.71. The van der Waals surface area contributed by atoms with Crippen molar-refractivity contribution in [2.24, 2.45) is 0 Å². The highest BCUT2D eigenvalue weighted by Gasteiger charge is 2.26. The van der Waals surface area contributed by atoms with Crippen LogP contribution in [0.2, 0.25) is 5.02 Å². The Morgan fingerprint density at radius 2 is 1.88 bits per heavy atom. The molecule has 34 heavy (non-hydrogen) atoms. The van der Waals surface area contributed by atoms with Gasteiger partial charge in [-0.25, -0.2) is 0 Å². The number of aromatic amines is 1. The van der Waals surface area contributed by atoms with Crippen molar-refractivity contribution < 1.29 is 9.47 Å². The average molecular weight is 475 g/mol. The Bertz CT molecular complexity index is 1340. The van der Waals surface area contributed by atoms with Crippen LogP contribution in [0.15, 0.2) is 54.6 Å². The summed E-state index contributed by atoms with van der Waals surface area (Å²) >= 11 is 6.39. The molecule has 2 N–H and O–H groups in total. The first-order valence-corrected chi connectivity index (χ1v) is 12.3. The molecule has 0 fully saturated rings. The van der Waals surface area contributed by atoms with Crippen molar-refractivity contribution in [3.8, 4) is 11.5 Å². The van der Waals surface area contributed by atoms with Crippen molar-refractivity contribution in [1.82, 2.24) is 10.3 Å². The third-order valence-corrected chi connectivity index (χ3v) is 7.20. The number of para-hydroxylation sites is 1. The fourth-order valence-corrected chi connectivity index (χ4v) is 5.13. The molecule has 0 aliphatic carbocycles. The smallest absolute Gasteiger partial charge is 0.125 e. The lowest BCUT2D eigenvalue weighted by Crippen LogP contribution is -2.30. The average Bonchev–Trinajstić information content (AvgIpc) is 3.23. The zero-order valence-electron chi connectivity index (χ0n) is 20.2. The van der Waals surface area contributed by atoms with Crippen LogP contribution < -0.4 is 14.8 Å². The van der Waals surface area contributed by atoms with Gasteiger partial charge in [-0.3, -0.25) is 0 Å². The van der Waals surface area contributed by atoms with Crippen LogP contribution in [-0.2, 0) is 13.0 Å². The molecule has 5 heteroatoms. The second-order valence-electron chi connectivity index (χ2n) is 9.35. The summed E-state index contributed by atoms with van der Waals surface area (Å²) in [4.78, 5) is 3.66. The van der Waals surface area contributed by atoms with Gasteiger partial charge in [-0.05, 0) is 71.8 Å². The molecule has 5 rings (SSSR count). The molecule has 0 radical (unpaired) electrons. The van der Waals surface area contributed by atoms with Gasteiger partial charge < -0.3 is 19.8 Å². The minimum atomic E-state index is 0.102. The molecular formula is C29H31ClN2O2. The van der Waals surface area contributed by atoms with Crippen molar-refractivity contribution in [1.29, 1.82) is 0 Å². The molecule has 2 heterocycles. The number of H-pyrrole nitrogens is 1. The quantitative estimate of drug-likeness (QED) is 0.314. The maximum absolute atomic E-state index is 6.39. The van der Waals surface area contributed by atoms with E-state index in [0.717, 1.165) is 46.2 Å². The van der Waals surface area contributed by atoms with Gasteiger partial charge >= 0.3 is 0 Å². The van der Waals surface area contributed by atoms with Crippen LogP contribution in [0.25, 0.3) is 10.9 Å². The number of fused-ring (bicyclic) bond motifs is 3. The molecule has 0 amide bonds. The number of ether oxygens (including phenoxy) is 2. The number of aryl methyl sites for hydroxylation is 1. The Labute approximate surface area is 206 Å². The van der Waals surface area contributed by atoms with E-state index in [2.05, 4.69) is 60.5 Å². The fraction of sp³-hybridized carbons (Fsp3) is 0.310. The normalized spacial score (nSPS) is 15.5. The zero-order chi connectivity index (χ0) is 23.8. The molecule has 1 atom stereocenters. The predicted molar refractivity (Wildman–Crippen MR) is 139 cm³/mol. The second kappa shape index (κ2) is 9.36. The summed E-state index contributed by atoms with van der Waals surface area (Å²) in [6.45, 7) is 7.68. The lowest BCUT2D eigenvalue weighted by Gasteiger charge is -2.26. The van der Waals surface area contributed by atoms with Crippen LogP contribution in [-0.4, -0.2) is 18.6 Å². The van der Waals surface area contributed by atoms with Gasteiger partial charge in [0.1, 0.15) is 18.1 Å². The summed E-state index contributed by atoms with van der Waals surface area (Å²) in [5.74, 6) is 2.01. The van der Waals surface area contributed by atoms with Gasteiger partial charge in [0.2, 0.25) is 0 Å². The molecule has 3 aromatic carbocycles. The van der Waals surface area contributed by atoms with Gasteiger partial charge in [0.15, 0.2) is 0 Å². The maximum Gasteiger partial charge on any atom is 0.125 e. The van der Waals surface area contributed by atoms with E-state index in [1.807, 2.05) is 25.1 Å². The molecule has 4 aromatic rings. The molecule has 0 saturated carbocycles. The van der Waals surface area contributed by atoms with E-state index >= 15 is 0 Å². The predicted octanol–water partition coefficient (Wildman–Crippen LogP) is 7.08. The number of benzene rings is 3. The number of rotatable bonds is 6. The Hall–Kier alpha value is -2.95. The minimum Gasteiger partial charge on any atom is -0.496 e. The van der Waals surface area contributed by atoms with Crippen molar-refractivity contribution in [2.75, 3.05) is 13.7 Å². The number of hydrogen-bond acceptors (Lipinski definition) is 3. The Kier molecular flexibility index (Phi) is 6.28. The van der Waals surface area contributed by atoms with E-state index < -0.39 is 0 Å². The fourth-order valence-electron chi connectivity index (χ4n) is 4.96. The van der Waals surface area contributed by atoms with Crippen LogP contribution in [0.4, 0.5) is 0 Å². The topological polar surface area (TPSA) is 46.3 Å². The number of nitrogens with one attached hydrogen (secondary N) is 2. The highest BCUT2D eigenvalue weighted by molar-refractivity contribution is 6.31. The monoisotopic (exact) mass is 474 g/mol. The molecule has 1 aromatic heterocycles. The molecule has 1 aliphatic rings. The molecule has 176 valence electrons. The molecule has 1 aliphatic heterocycles. The summed E-state index contributed by atoms with van der Waals surface area (Å²) in [6, 6.07) is 19.1. The highest BCUT2D eigenvalue weighted by Crippen LogP contribution is 2.36. The lowest BCUT2D eigenvalue weighted by atomic mass is 9.93. The SMILES string of the molecule is COc1ccc([C@@H]2NCCc3c2[nH]c2ccccc32)cc1COc1cc(C)c(Cl)cc1C(C)C. The van der Waals surface area contributed by atoms with Crippen molar-refractivity contribution in [3.05, 3.63) is 93.1 Å². The van der Waals surface area contributed by atoms with Gasteiger partial charge in [-0.2, -0.15) is 0 Å². The van der Waals surface area contributed by atoms with Crippen LogP contribution >= 0.6 is 11.6 Å². The lowest BCUT2D eigenvalue weighted by molar-refractivity contribution is 0.292. The Morgan fingerprint density at radius 1 is 1.06 bits per heavy atom. The van der Waals surface area contributed by atoms with E-state index in [1.165, 1.54) is 27.7 Å². The van der Waals surface area contributed by atoms with E-state index in [9.17, 15) is 0 Å². The molecule has 0 unspecified atom stereocenters. The van der Waals surface area contributed by atoms with Gasteiger partial charge in [0.05, 0.1) is 13.2 Å². The summed E-state index contributed by atoms with van der Waals surface area (Å²) in [5.41, 5.74) is 8.20. The number of aromatic nitrogens is 1. The minimum absolute atomic E-state index is 0.102. The van der Waals surface area contributed by atoms with Crippen molar-refractivity contribution in [2.45, 2.75) is 45.8 Å². The second-order valence-corrected chi connectivity index (χ2v) is 9.76. The summed E-state index contributed by atoms with van der Waals surface area (Å²) in [5, 5.41) is 5.79. The Balaban J connectivity index is 1.48. The summed E-state index contributed by atoms with van der Waals surface area (Å²) in [6.07, 6.45) is 1.02. The number of methoxy groups -OCH3 is 1. The van der Waals surface area contributed by atoms with Gasteiger partial charge in [0.25, 0.3) is 0 Å². The third kappa shape index (κ3) is 4.17. The Morgan fingerprint density at radius 3 is 2.68 bits per heavy atom. The third-order valence-electron chi connectivity index (χ3n) is 6.79. The van der Waals surface area contributed by atoms with E-state index in [1.54, 1.807) is 7.11 Å². The molecule has 0 saturated heterocycles. The van der Waals surface area contributed by atoms with Crippen LogP contribution in [0.3, 0.4) is 0 Å². The van der Waals surface area contributed by atoms with E-state index in [-0.39, 0.29) is 6.04 Å². The molecule has 0 spiro atoms. The van der Waals surface area contributed by atoms with Crippen LogP contribution in [0, 0.1) is 6.92 Å². The van der Waals surface area contributed by atoms with Crippen LogP contribution in [0.1, 0.15) is 59.3 Å². The van der Waals surface area contributed by atoms with Gasteiger partial charge in [-0.1, -0.05) is 49.7 Å². The van der Waals surface area contributed by atoms with Crippen molar-refractivity contribution >= 4 is 22.5 Å². The van der Waals surface area contributed by atoms with E-state index in [4.69, 9.17) is 21.1 Å². The first-order valence-electron chi connectivity index (χ1n) is 11.9. The maximum atomic E-state index is 6.39. The zero-order valence-corrected chi connectivity index (χ0v) is 20.9. The number of hydrogen-bond donors (Lipinski definition) is 2. The van der Waals surface area contributed by atoms with E-state index in [0.29, 0.717) is 12.5 Å². The first-order chi connectivity index (χ1) is 16.5. The summed E-state index contributed by atoms with van der Waals surface area (Å²) < 4.78 is 12.0. The van der Waals surface area contributed by atoms with Gasteiger partial charge in [0, 0.05) is 33.7 Å². The largest absolute Gasteiger partial charge is 0.496 e. The molecule has 4 nitrogen and oxygen atoms in total. The molecule has 0 bridgehead atoms. The van der Waals surface area contributed by atoms with Crippen molar-refractivity contribution in [3.63, 3.8) is 0 Å². The number of halogens is 1. The standard InChI is InChI=1S/C29H31ClN2O2/c1-17(2)23-15-24(30)18(3)13-27(23)34-16-20-14-19(9-10-26(20)33-4)28-29-22(11-12-31-28)21-7-5-6-8-25(21)32-29/h5-10,13-15,17,28,31-32H,11-12,16H2,1-4H3/t28-/m0/s1. The van der Waals surface area contributed by atoms with Gasteiger partial charge in [-0.15, -0.1) is 0 Å². The molecular weight excluding hydrogens is 444 g/mol. The first kappa shape index (κ1) is 22.8. The highest BCUT2D eigenvalue weighted by atomic mass is 35.5.